The first-order chi connectivity index (χ1) is 11.1. The molecule has 4 amide bonds. The van der Waals surface area contributed by atoms with Crippen LogP contribution in [0.15, 0.2) is 24.3 Å². The van der Waals surface area contributed by atoms with Crippen LogP contribution >= 0.6 is 0 Å². The van der Waals surface area contributed by atoms with E-state index in [4.69, 9.17) is 0 Å². The average molecular weight is 316 g/mol. The molecule has 0 aliphatic carbocycles. The molecule has 7 heteroatoms. The number of amides is 4. The van der Waals surface area contributed by atoms with E-state index >= 15 is 0 Å². The molecule has 2 heterocycles. The van der Waals surface area contributed by atoms with Crippen LogP contribution in [0, 0.1) is 0 Å². The van der Waals surface area contributed by atoms with Crippen LogP contribution in [-0.2, 0) is 16.0 Å². The molecule has 7 nitrogen and oxygen atoms in total. The van der Waals surface area contributed by atoms with Crippen molar-refractivity contribution in [2.45, 2.75) is 18.9 Å². The van der Waals surface area contributed by atoms with Gasteiger partial charge >= 0.3 is 6.03 Å². The third-order valence-electron chi connectivity index (χ3n) is 4.20. The van der Waals surface area contributed by atoms with Gasteiger partial charge in [-0.3, -0.25) is 14.9 Å². The summed E-state index contributed by atoms with van der Waals surface area (Å²) >= 11 is 0. The monoisotopic (exact) mass is 316 g/mol. The first-order valence-corrected chi connectivity index (χ1v) is 7.80. The number of imide groups is 1. The summed E-state index contributed by atoms with van der Waals surface area (Å²) in [5.74, 6) is -0.519. The van der Waals surface area contributed by atoms with Crippen molar-refractivity contribution in [2.24, 2.45) is 0 Å². The maximum Gasteiger partial charge on any atom is 0.324 e. The van der Waals surface area contributed by atoms with Gasteiger partial charge in [-0.1, -0.05) is 24.3 Å². The fourth-order valence-electron chi connectivity index (χ4n) is 2.97. The highest BCUT2D eigenvalue weighted by Gasteiger charge is 2.25. The molecule has 23 heavy (non-hydrogen) atoms. The Morgan fingerprint density at radius 3 is 2.91 bits per heavy atom. The van der Waals surface area contributed by atoms with Crippen LogP contribution in [0.1, 0.15) is 23.6 Å². The Balaban J connectivity index is 1.52. The minimum absolute atomic E-state index is 0.0342. The van der Waals surface area contributed by atoms with Crippen LogP contribution in [0.4, 0.5) is 4.79 Å². The molecular weight excluding hydrogens is 296 g/mol. The molecule has 0 saturated carbocycles. The zero-order valence-corrected chi connectivity index (χ0v) is 12.8. The Morgan fingerprint density at radius 1 is 1.26 bits per heavy atom. The third kappa shape index (κ3) is 3.68. The number of nitrogens with zero attached hydrogens (tertiary/aromatic N) is 1. The van der Waals surface area contributed by atoms with Crippen LogP contribution in [0.2, 0.25) is 0 Å². The third-order valence-corrected chi connectivity index (χ3v) is 4.20. The van der Waals surface area contributed by atoms with Crippen molar-refractivity contribution in [1.82, 2.24) is 20.9 Å². The second kappa shape index (κ2) is 6.78. The molecule has 3 rings (SSSR count). The number of nitrogens with one attached hydrogen (secondary N) is 3. The molecule has 0 spiro atoms. The quantitative estimate of drug-likeness (QED) is 0.725. The van der Waals surface area contributed by atoms with E-state index in [9.17, 15) is 14.4 Å². The Morgan fingerprint density at radius 2 is 2.09 bits per heavy atom. The van der Waals surface area contributed by atoms with Gasteiger partial charge < -0.3 is 15.5 Å². The van der Waals surface area contributed by atoms with Gasteiger partial charge in [-0.2, -0.15) is 0 Å². The first kappa shape index (κ1) is 15.5. The van der Waals surface area contributed by atoms with Gasteiger partial charge in [0.05, 0.1) is 0 Å². The average Bonchev–Trinajstić information content (AvgIpc) is 2.55. The normalized spacial score (nSPS) is 20.7. The van der Waals surface area contributed by atoms with Crippen molar-refractivity contribution in [3.63, 3.8) is 0 Å². The van der Waals surface area contributed by atoms with Crippen molar-refractivity contribution in [1.29, 1.82) is 0 Å². The van der Waals surface area contributed by atoms with Gasteiger partial charge in [-0.25, -0.2) is 4.79 Å². The molecule has 1 unspecified atom stereocenters. The Bertz CT molecular complexity index is 632. The molecule has 122 valence electrons. The smallest absolute Gasteiger partial charge is 0.324 e. The van der Waals surface area contributed by atoms with E-state index in [1.165, 1.54) is 16.0 Å². The van der Waals surface area contributed by atoms with E-state index in [2.05, 4.69) is 28.1 Å². The summed E-state index contributed by atoms with van der Waals surface area (Å²) in [6.45, 7) is 1.61. The molecule has 1 atom stereocenters. The van der Waals surface area contributed by atoms with E-state index in [0.717, 1.165) is 13.0 Å². The van der Waals surface area contributed by atoms with Crippen molar-refractivity contribution >= 4 is 17.8 Å². The lowest BCUT2D eigenvalue weighted by Gasteiger charge is -2.28. The molecule has 2 aliphatic heterocycles. The Kier molecular flexibility index (Phi) is 4.57. The molecule has 3 N–H and O–H groups in total. The zero-order chi connectivity index (χ0) is 16.2. The maximum atomic E-state index is 12.0. The predicted octanol–water partition coefficient (Wildman–Crippen LogP) is -0.0685. The second-order valence-electron chi connectivity index (χ2n) is 5.78. The first-order valence-electron chi connectivity index (χ1n) is 7.80. The van der Waals surface area contributed by atoms with E-state index in [-0.39, 0.29) is 37.4 Å². The van der Waals surface area contributed by atoms with Crippen molar-refractivity contribution in [2.75, 3.05) is 26.2 Å². The zero-order valence-electron chi connectivity index (χ0n) is 12.8. The number of carbonyl (C=O) groups excluding carboxylic acids is 3. The summed E-state index contributed by atoms with van der Waals surface area (Å²) in [7, 11) is 0. The maximum absolute atomic E-state index is 12.0. The molecular formula is C16H20N4O3. The summed E-state index contributed by atoms with van der Waals surface area (Å²) in [5, 5.41) is 8.47. The Hall–Kier alpha value is -2.41. The van der Waals surface area contributed by atoms with Crippen molar-refractivity contribution < 1.29 is 14.4 Å². The van der Waals surface area contributed by atoms with Crippen molar-refractivity contribution in [3.05, 3.63) is 35.4 Å². The Labute approximate surface area is 134 Å². The number of hydrogen-bond acceptors (Lipinski definition) is 4. The number of urea groups is 1. The van der Waals surface area contributed by atoms with E-state index in [1.807, 2.05) is 12.1 Å². The standard InChI is InChI=1S/C16H20N4O3/c21-14-6-8-20(16(23)19-14)10-15(22)18-9-13-12-4-2-1-3-11(12)5-7-17-13/h1-4,13,17H,5-10H2,(H,18,22)(H,19,21,23). The van der Waals surface area contributed by atoms with Gasteiger partial charge in [0.25, 0.3) is 0 Å². The van der Waals surface area contributed by atoms with Gasteiger partial charge in [-0.05, 0) is 24.1 Å². The predicted molar refractivity (Wildman–Crippen MR) is 83.6 cm³/mol. The highest BCUT2D eigenvalue weighted by Crippen LogP contribution is 2.21. The molecule has 1 saturated heterocycles. The summed E-state index contributed by atoms with van der Waals surface area (Å²) in [4.78, 5) is 36.1. The van der Waals surface area contributed by atoms with Crippen molar-refractivity contribution in [3.8, 4) is 0 Å². The molecule has 0 radical (unpaired) electrons. The fourth-order valence-corrected chi connectivity index (χ4v) is 2.97. The van der Waals surface area contributed by atoms with Crippen LogP contribution in [0.25, 0.3) is 0 Å². The van der Waals surface area contributed by atoms with Gasteiger partial charge in [0, 0.05) is 25.6 Å². The summed E-state index contributed by atoms with van der Waals surface area (Å²) in [6, 6.07) is 7.78. The number of rotatable bonds is 4. The highest BCUT2D eigenvalue weighted by molar-refractivity contribution is 5.98. The van der Waals surface area contributed by atoms with E-state index < -0.39 is 6.03 Å². The largest absolute Gasteiger partial charge is 0.353 e. The van der Waals surface area contributed by atoms with Gasteiger partial charge in [-0.15, -0.1) is 0 Å². The molecule has 1 aromatic rings. The van der Waals surface area contributed by atoms with Gasteiger partial charge in [0.15, 0.2) is 0 Å². The fraction of sp³-hybridized carbons (Fsp3) is 0.438. The number of carbonyl (C=O) groups is 3. The van der Waals surface area contributed by atoms with Crippen LogP contribution in [0.5, 0.6) is 0 Å². The lowest BCUT2D eigenvalue weighted by Crippen LogP contribution is -2.52. The minimum Gasteiger partial charge on any atom is -0.353 e. The van der Waals surface area contributed by atoms with Crippen LogP contribution < -0.4 is 16.0 Å². The van der Waals surface area contributed by atoms with Crippen LogP contribution in [-0.4, -0.2) is 48.9 Å². The van der Waals surface area contributed by atoms with E-state index in [0.29, 0.717) is 6.54 Å². The summed E-state index contributed by atoms with van der Waals surface area (Å²) in [6.07, 6.45) is 1.22. The summed E-state index contributed by atoms with van der Waals surface area (Å²) in [5.41, 5.74) is 2.51. The molecule has 0 aromatic heterocycles. The number of hydrogen-bond donors (Lipinski definition) is 3. The molecule has 1 fully saturated rings. The highest BCUT2D eigenvalue weighted by atomic mass is 16.2. The molecule has 1 aromatic carbocycles. The lowest BCUT2D eigenvalue weighted by atomic mass is 9.94. The number of benzene rings is 1. The minimum atomic E-state index is -0.502. The van der Waals surface area contributed by atoms with Gasteiger partial charge in [0.1, 0.15) is 6.54 Å². The van der Waals surface area contributed by atoms with Gasteiger partial charge in [0.2, 0.25) is 11.8 Å². The van der Waals surface area contributed by atoms with Crippen LogP contribution in [0.3, 0.4) is 0 Å². The number of fused-ring (bicyclic) bond motifs is 1. The second-order valence-corrected chi connectivity index (χ2v) is 5.78. The SMILES string of the molecule is O=C(CN1CCC(=O)NC1=O)NCC1NCCc2ccccc21. The summed E-state index contributed by atoms with van der Waals surface area (Å²) < 4.78 is 0. The lowest BCUT2D eigenvalue weighted by molar-refractivity contribution is -0.125. The van der Waals surface area contributed by atoms with E-state index in [1.54, 1.807) is 0 Å². The topological polar surface area (TPSA) is 90.5 Å². The molecule has 2 aliphatic rings. The molecule has 0 bridgehead atoms.